The number of nitrogens with two attached hydrogens (primary N) is 1. The van der Waals surface area contributed by atoms with Crippen molar-refractivity contribution in [1.29, 1.82) is 0 Å². The molecule has 4 rings (SSSR count). The van der Waals surface area contributed by atoms with Crippen molar-refractivity contribution in [2.75, 3.05) is 32.4 Å². The molecule has 2 N–H and O–H groups in total. The minimum Gasteiger partial charge on any atom is -0.330 e. The van der Waals surface area contributed by atoms with E-state index in [1.807, 2.05) is 18.2 Å². The molecule has 150 valence electrons. The summed E-state index contributed by atoms with van der Waals surface area (Å²) in [5, 5.41) is 0. The van der Waals surface area contributed by atoms with Crippen molar-refractivity contribution in [2.24, 2.45) is 17.6 Å². The lowest BCUT2D eigenvalue weighted by atomic mass is 9.90. The van der Waals surface area contributed by atoms with Crippen molar-refractivity contribution in [2.45, 2.75) is 19.0 Å². The maximum Gasteiger partial charge on any atom is 0.211 e. The number of benzene rings is 2. The van der Waals surface area contributed by atoms with Crippen LogP contribution in [0.1, 0.15) is 22.7 Å². The number of likely N-dealkylation sites (tertiary alicyclic amines) is 1. The quantitative estimate of drug-likeness (QED) is 0.809. The highest BCUT2D eigenvalue weighted by molar-refractivity contribution is 7.88. The van der Waals surface area contributed by atoms with Crippen molar-refractivity contribution in [3.8, 4) is 0 Å². The SMILES string of the molecule is CS(=O)(=O)N1C[C@H]2CN(Cc3ccc(CCN)cc3)C[C@H]2[C@@H]1c1ccccc1. The minimum absolute atomic E-state index is 0.0573. The summed E-state index contributed by atoms with van der Waals surface area (Å²) in [5.41, 5.74) is 9.31. The average molecular weight is 400 g/mol. The Kier molecular flexibility index (Phi) is 5.56. The van der Waals surface area contributed by atoms with E-state index >= 15 is 0 Å². The van der Waals surface area contributed by atoms with E-state index in [1.54, 1.807) is 4.31 Å². The fourth-order valence-corrected chi connectivity index (χ4v) is 6.02. The van der Waals surface area contributed by atoms with Gasteiger partial charge in [-0.25, -0.2) is 8.42 Å². The molecule has 28 heavy (non-hydrogen) atoms. The highest BCUT2D eigenvalue weighted by atomic mass is 32.2. The van der Waals surface area contributed by atoms with Gasteiger partial charge < -0.3 is 5.73 Å². The van der Waals surface area contributed by atoms with Crippen LogP contribution in [-0.4, -0.2) is 50.1 Å². The molecule has 2 aliphatic rings. The Bertz CT molecular complexity index is 899. The van der Waals surface area contributed by atoms with Gasteiger partial charge in [0.25, 0.3) is 0 Å². The Hall–Kier alpha value is -1.73. The van der Waals surface area contributed by atoms with Crippen LogP contribution in [-0.2, 0) is 23.0 Å². The normalized spacial score (nSPS) is 25.9. The first-order chi connectivity index (χ1) is 13.5. The van der Waals surface area contributed by atoms with Crippen LogP contribution in [0.15, 0.2) is 54.6 Å². The van der Waals surface area contributed by atoms with E-state index in [1.165, 1.54) is 17.4 Å². The molecule has 0 aliphatic carbocycles. The second-order valence-corrected chi connectivity index (χ2v) is 10.1. The van der Waals surface area contributed by atoms with Crippen molar-refractivity contribution in [1.82, 2.24) is 9.21 Å². The average Bonchev–Trinajstić information content (AvgIpc) is 3.21. The maximum absolute atomic E-state index is 12.4. The highest BCUT2D eigenvalue weighted by Gasteiger charge is 2.50. The Balaban J connectivity index is 1.50. The third-order valence-corrected chi connectivity index (χ3v) is 7.35. The van der Waals surface area contributed by atoms with Gasteiger partial charge in [-0.2, -0.15) is 4.31 Å². The second kappa shape index (κ2) is 7.95. The topological polar surface area (TPSA) is 66.6 Å². The number of hydrogen-bond donors (Lipinski definition) is 1. The molecule has 0 radical (unpaired) electrons. The van der Waals surface area contributed by atoms with E-state index in [-0.39, 0.29) is 6.04 Å². The summed E-state index contributed by atoms with van der Waals surface area (Å²) in [4.78, 5) is 2.48. The lowest BCUT2D eigenvalue weighted by Crippen LogP contribution is -2.34. The first-order valence-corrected chi connectivity index (χ1v) is 11.8. The van der Waals surface area contributed by atoms with Crippen LogP contribution < -0.4 is 5.73 Å². The molecule has 2 saturated heterocycles. The van der Waals surface area contributed by atoms with Crippen molar-refractivity contribution < 1.29 is 8.42 Å². The molecule has 5 nitrogen and oxygen atoms in total. The van der Waals surface area contributed by atoms with E-state index in [2.05, 4.69) is 41.3 Å². The zero-order valence-corrected chi connectivity index (χ0v) is 17.2. The van der Waals surface area contributed by atoms with E-state index in [0.29, 0.717) is 24.9 Å². The first kappa shape index (κ1) is 19.6. The van der Waals surface area contributed by atoms with Crippen LogP contribution in [0.5, 0.6) is 0 Å². The van der Waals surface area contributed by atoms with Gasteiger partial charge in [-0.1, -0.05) is 54.6 Å². The predicted octanol–water partition coefficient (Wildman–Crippen LogP) is 2.25. The van der Waals surface area contributed by atoms with Gasteiger partial charge in [-0.05, 0) is 41.5 Å². The molecular formula is C22H29N3O2S. The first-order valence-electron chi connectivity index (χ1n) is 9.97. The molecule has 2 fully saturated rings. The fourth-order valence-electron chi connectivity index (χ4n) is 4.87. The number of fused-ring (bicyclic) bond motifs is 1. The summed E-state index contributed by atoms with van der Waals surface area (Å²) < 4.78 is 26.5. The van der Waals surface area contributed by atoms with Gasteiger partial charge in [-0.3, -0.25) is 4.90 Å². The van der Waals surface area contributed by atoms with E-state index in [4.69, 9.17) is 5.73 Å². The number of rotatable bonds is 6. The van der Waals surface area contributed by atoms with Crippen molar-refractivity contribution >= 4 is 10.0 Å². The second-order valence-electron chi connectivity index (χ2n) is 8.16. The summed E-state index contributed by atoms with van der Waals surface area (Å²) in [6, 6.07) is 18.8. The molecule has 2 heterocycles. The summed E-state index contributed by atoms with van der Waals surface area (Å²) in [5.74, 6) is 0.727. The standard InChI is InChI=1S/C22H29N3O2S/c1-28(26,27)25-15-20-14-24(13-18-9-7-17(8-10-18)11-12-23)16-21(20)22(25)19-5-3-2-4-6-19/h2-10,20-22H,11-16,23H2,1H3/t20-,21-,22+/m1/s1. The minimum atomic E-state index is -3.22. The lowest BCUT2D eigenvalue weighted by molar-refractivity contribution is 0.261. The van der Waals surface area contributed by atoms with E-state index in [0.717, 1.165) is 31.6 Å². The molecule has 0 spiro atoms. The zero-order valence-electron chi connectivity index (χ0n) is 16.4. The number of hydrogen-bond acceptors (Lipinski definition) is 4. The Labute approximate surface area is 168 Å². The molecule has 0 aromatic heterocycles. The molecule has 0 saturated carbocycles. The summed E-state index contributed by atoms with van der Waals surface area (Å²) in [6.45, 7) is 4.09. The molecule has 2 aromatic carbocycles. The molecule has 2 aliphatic heterocycles. The largest absolute Gasteiger partial charge is 0.330 e. The number of sulfonamides is 1. The van der Waals surface area contributed by atoms with Crippen LogP contribution in [0.4, 0.5) is 0 Å². The highest BCUT2D eigenvalue weighted by Crippen LogP contribution is 2.46. The summed E-state index contributed by atoms with van der Waals surface area (Å²) >= 11 is 0. The zero-order chi connectivity index (χ0) is 19.7. The summed E-state index contributed by atoms with van der Waals surface area (Å²) in [7, 11) is -3.22. The molecular weight excluding hydrogens is 370 g/mol. The maximum atomic E-state index is 12.4. The number of nitrogens with zero attached hydrogens (tertiary/aromatic N) is 2. The Morgan fingerprint density at radius 1 is 0.964 bits per heavy atom. The van der Waals surface area contributed by atoms with Crippen LogP contribution in [0.25, 0.3) is 0 Å². The van der Waals surface area contributed by atoms with Crippen LogP contribution in [0, 0.1) is 11.8 Å². The van der Waals surface area contributed by atoms with E-state index < -0.39 is 10.0 Å². The molecule has 0 unspecified atom stereocenters. The fraction of sp³-hybridized carbons (Fsp3) is 0.455. The Morgan fingerprint density at radius 2 is 1.64 bits per heavy atom. The van der Waals surface area contributed by atoms with Crippen molar-refractivity contribution in [3.05, 3.63) is 71.3 Å². The van der Waals surface area contributed by atoms with Gasteiger partial charge in [0, 0.05) is 26.2 Å². The molecule has 0 bridgehead atoms. The van der Waals surface area contributed by atoms with Gasteiger partial charge in [0.15, 0.2) is 0 Å². The van der Waals surface area contributed by atoms with Gasteiger partial charge in [-0.15, -0.1) is 0 Å². The van der Waals surface area contributed by atoms with E-state index in [9.17, 15) is 8.42 Å². The van der Waals surface area contributed by atoms with Gasteiger partial charge in [0.1, 0.15) is 0 Å². The predicted molar refractivity (Wildman–Crippen MR) is 112 cm³/mol. The van der Waals surface area contributed by atoms with Crippen LogP contribution in [0.2, 0.25) is 0 Å². The summed E-state index contributed by atoms with van der Waals surface area (Å²) in [6.07, 6.45) is 2.25. The molecule has 2 aromatic rings. The molecule has 3 atom stereocenters. The third kappa shape index (κ3) is 4.01. The smallest absolute Gasteiger partial charge is 0.211 e. The molecule has 6 heteroatoms. The Morgan fingerprint density at radius 3 is 2.29 bits per heavy atom. The van der Waals surface area contributed by atoms with Gasteiger partial charge in [0.05, 0.1) is 12.3 Å². The van der Waals surface area contributed by atoms with Crippen molar-refractivity contribution in [3.63, 3.8) is 0 Å². The van der Waals surface area contributed by atoms with Crippen LogP contribution >= 0.6 is 0 Å². The van der Waals surface area contributed by atoms with Gasteiger partial charge >= 0.3 is 0 Å². The van der Waals surface area contributed by atoms with Gasteiger partial charge in [0.2, 0.25) is 10.0 Å². The monoisotopic (exact) mass is 399 g/mol. The third-order valence-electron chi connectivity index (χ3n) is 6.13. The molecule has 0 amide bonds. The van der Waals surface area contributed by atoms with Crippen LogP contribution in [0.3, 0.4) is 0 Å². The lowest BCUT2D eigenvalue weighted by Gasteiger charge is -2.28.